The van der Waals surface area contributed by atoms with Crippen LogP contribution in [0.15, 0.2) is 24.3 Å². The normalized spacial score (nSPS) is 19.3. The van der Waals surface area contributed by atoms with E-state index in [0.717, 1.165) is 24.6 Å². The highest BCUT2D eigenvalue weighted by molar-refractivity contribution is 5.36. The molecule has 0 radical (unpaired) electrons. The summed E-state index contributed by atoms with van der Waals surface area (Å²) in [4.78, 5) is 12.8. The largest absolute Gasteiger partial charge is 0.329 e. The van der Waals surface area contributed by atoms with Crippen LogP contribution < -0.4 is 5.73 Å². The van der Waals surface area contributed by atoms with Crippen LogP contribution in [0.1, 0.15) is 31.4 Å². The summed E-state index contributed by atoms with van der Waals surface area (Å²) in [5.74, 6) is 0.764. The first-order valence-corrected chi connectivity index (χ1v) is 6.80. The highest BCUT2D eigenvalue weighted by atomic mass is 16.6. The maximum Gasteiger partial charge on any atom is 0.269 e. The number of nitrogens with two attached hydrogens (primary N) is 1. The molecule has 1 fully saturated rings. The first-order chi connectivity index (χ1) is 9.11. The summed E-state index contributed by atoms with van der Waals surface area (Å²) in [6.45, 7) is 4.80. The van der Waals surface area contributed by atoms with Crippen molar-refractivity contribution in [3.8, 4) is 0 Å². The van der Waals surface area contributed by atoms with E-state index in [4.69, 9.17) is 5.73 Å². The van der Waals surface area contributed by atoms with E-state index in [1.807, 2.05) is 6.07 Å². The zero-order valence-corrected chi connectivity index (χ0v) is 11.3. The Kier molecular flexibility index (Phi) is 4.50. The number of hydrogen-bond donors (Lipinski definition) is 1. The molecule has 1 aliphatic rings. The fourth-order valence-corrected chi connectivity index (χ4v) is 2.68. The molecule has 1 aliphatic heterocycles. The fourth-order valence-electron chi connectivity index (χ4n) is 2.68. The lowest BCUT2D eigenvalue weighted by molar-refractivity contribution is -0.385. The van der Waals surface area contributed by atoms with Gasteiger partial charge in [-0.05, 0) is 37.4 Å². The summed E-state index contributed by atoms with van der Waals surface area (Å²) in [5, 5.41) is 10.8. The van der Waals surface area contributed by atoms with E-state index < -0.39 is 0 Å². The first kappa shape index (κ1) is 14.0. The number of non-ortho nitro benzene ring substituents is 1. The topological polar surface area (TPSA) is 72.4 Å². The summed E-state index contributed by atoms with van der Waals surface area (Å²) < 4.78 is 0. The zero-order valence-electron chi connectivity index (χ0n) is 11.3. The number of benzene rings is 1. The Morgan fingerprint density at radius 2 is 2.16 bits per heavy atom. The fraction of sp³-hybridized carbons (Fsp3) is 0.571. The van der Waals surface area contributed by atoms with Gasteiger partial charge in [-0.25, -0.2) is 0 Å². The molecule has 5 nitrogen and oxygen atoms in total. The molecular weight excluding hydrogens is 242 g/mol. The molecule has 0 saturated carbocycles. The lowest BCUT2D eigenvalue weighted by Crippen LogP contribution is -2.39. The molecule has 2 rings (SSSR count). The minimum Gasteiger partial charge on any atom is -0.329 e. The van der Waals surface area contributed by atoms with E-state index in [-0.39, 0.29) is 16.7 Å². The molecule has 0 amide bonds. The highest BCUT2D eigenvalue weighted by Crippen LogP contribution is 2.27. The molecule has 0 aromatic heterocycles. The standard InChI is InChI=1S/C14H21N3O2/c1-11-5-7-16(8-6-11)14(10-15)12-3-2-4-13(9-12)17(18)19/h2-4,9,11,14H,5-8,10,15H2,1H3. The Bertz CT molecular complexity index is 442. The van der Waals surface area contributed by atoms with Gasteiger partial charge >= 0.3 is 0 Å². The number of hydrogen-bond acceptors (Lipinski definition) is 4. The van der Waals surface area contributed by atoms with Crippen LogP contribution in [-0.4, -0.2) is 29.5 Å². The monoisotopic (exact) mass is 263 g/mol. The molecule has 0 spiro atoms. The average molecular weight is 263 g/mol. The van der Waals surface area contributed by atoms with Crippen LogP contribution in [0.4, 0.5) is 5.69 Å². The van der Waals surface area contributed by atoms with Crippen molar-refractivity contribution in [3.05, 3.63) is 39.9 Å². The molecule has 5 heteroatoms. The van der Waals surface area contributed by atoms with Crippen molar-refractivity contribution < 1.29 is 4.92 Å². The molecule has 2 N–H and O–H groups in total. The Balaban J connectivity index is 2.17. The molecule has 0 aliphatic carbocycles. The van der Waals surface area contributed by atoms with Crippen LogP contribution in [0.2, 0.25) is 0 Å². The summed E-state index contributed by atoms with van der Waals surface area (Å²) in [6, 6.07) is 6.93. The van der Waals surface area contributed by atoms with Gasteiger partial charge in [0, 0.05) is 24.7 Å². The van der Waals surface area contributed by atoms with Crippen molar-refractivity contribution >= 4 is 5.69 Å². The van der Waals surface area contributed by atoms with Crippen LogP contribution in [0.5, 0.6) is 0 Å². The molecule has 1 unspecified atom stereocenters. The van der Waals surface area contributed by atoms with Gasteiger partial charge in [-0.3, -0.25) is 15.0 Å². The van der Waals surface area contributed by atoms with Crippen molar-refractivity contribution in [3.63, 3.8) is 0 Å². The predicted octanol–water partition coefficient (Wildman–Crippen LogP) is 2.33. The third kappa shape index (κ3) is 3.30. The predicted molar refractivity (Wildman–Crippen MR) is 74.9 cm³/mol. The van der Waals surface area contributed by atoms with E-state index >= 15 is 0 Å². The third-order valence-electron chi connectivity index (χ3n) is 3.95. The second-order valence-corrected chi connectivity index (χ2v) is 5.32. The summed E-state index contributed by atoms with van der Waals surface area (Å²) in [5.41, 5.74) is 6.98. The Hall–Kier alpha value is -1.46. The molecule has 1 aromatic carbocycles. The first-order valence-electron chi connectivity index (χ1n) is 6.80. The molecule has 0 bridgehead atoms. The van der Waals surface area contributed by atoms with Crippen molar-refractivity contribution in [1.29, 1.82) is 0 Å². The van der Waals surface area contributed by atoms with Crippen molar-refractivity contribution in [2.75, 3.05) is 19.6 Å². The van der Waals surface area contributed by atoms with E-state index in [2.05, 4.69) is 11.8 Å². The molecule has 1 aromatic rings. The van der Waals surface area contributed by atoms with Gasteiger partial charge in [0.05, 0.1) is 4.92 Å². The number of nitro benzene ring substituents is 1. The van der Waals surface area contributed by atoms with Crippen molar-refractivity contribution in [1.82, 2.24) is 4.90 Å². The molecule has 1 atom stereocenters. The molecule has 19 heavy (non-hydrogen) atoms. The minimum absolute atomic E-state index is 0.0902. The van der Waals surface area contributed by atoms with Crippen LogP contribution in [0.3, 0.4) is 0 Å². The van der Waals surface area contributed by atoms with Crippen LogP contribution >= 0.6 is 0 Å². The second-order valence-electron chi connectivity index (χ2n) is 5.32. The Morgan fingerprint density at radius 3 is 2.74 bits per heavy atom. The summed E-state index contributed by atoms with van der Waals surface area (Å²) in [6.07, 6.45) is 2.34. The molecule has 104 valence electrons. The quantitative estimate of drug-likeness (QED) is 0.668. The summed E-state index contributed by atoms with van der Waals surface area (Å²) >= 11 is 0. The van der Waals surface area contributed by atoms with Crippen LogP contribution in [0.25, 0.3) is 0 Å². The van der Waals surface area contributed by atoms with Crippen molar-refractivity contribution in [2.24, 2.45) is 11.7 Å². The van der Waals surface area contributed by atoms with E-state index in [0.29, 0.717) is 6.54 Å². The summed E-state index contributed by atoms with van der Waals surface area (Å²) in [7, 11) is 0. The number of rotatable bonds is 4. The lowest BCUT2D eigenvalue weighted by Gasteiger charge is -2.36. The van der Waals surface area contributed by atoms with Gasteiger partial charge in [-0.15, -0.1) is 0 Å². The molecular formula is C14H21N3O2. The minimum atomic E-state index is -0.352. The van der Waals surface area contributed by atoms with Gasteiger partial charge < -0.3 is 5.73 Å². The Morgan fingerprint density at radius 1 is 1.47 bits per heavy atom. The van der Waals surface area contributed by atoms with Gasteiger partial charge in [0.25, 0.3) is 5.69 Å². The van der Waals surface area contributed by atoms with Gasteiger partial charge in [-0.1, -0.05) is 19.1 Å². The van der Waals surface area contributed by atoms with E-state index in [1.165, 1.54) is 18.9 Å². The van der Waals surface area contributed by atoms with Crippen LogP contribution in [0, 0.1) is 16.0 Å². The SMILES string of the molecule is CC1CCN(C(CN)c2cccc([N+](=O)[O-])c2)CC1. The third-order valence-corrected chi connectivity index (χ3v) is 3.95. The van der Waals surface area contributed by atoms with Crippen LogP contribution in [-0.2, 0) is 0 Å². The van der Waals surface area contributed by atoms with E-state index in [1.54, 1.807) is 12.1 Å². The maximum absolute atomic E-state index is 10.8. The number of likely N-dealkylation sites (tertiary alicyclic amines) is 1. The smallest absolute Gasteiger partial charge is 0.269 e. The molecule has 1 heterocycles. The number of piperidine rings is 1. The number of nitrogens with zero attached hydrogens (tertiary/aromatic N) is 2. The highest BCUT2D eigenvalue weighted by Gasteiger charge is 2.24. The zero-order chi connectivity index (χ0) is 13.8. The van der Waals surface area contributed by atoms with Gasteiger partial charge in [0.15, 0.2) is 0 Å². The van der Waals surface area contributed by atoms with Crippen molar-refractivity contribution in [2.45, 2.75) is 25.8 Å². The Labute approximate surface area is 113 Å². The van der Waals surface area contributed by atoms with Gasteiger partial charge in [-0.2, -0.15) is 0 Å². The van der Waals surface area contributed by atoms with E-state index in [9.17, 15) is 10.1 Å². The van der Waals surface area contributed by atoms with Gasteiger partial charge in [0.1, 0.15) is 0 Å². The average Bonchev–Trinajstić information content (AvgIpc) is 2.42. The second kappa shape index (κ2) is 6.12. The number of nitro groups is 1. The molecule has 1 saturated heterocycles. The lowest BCUT2D eigenvalue weighted by atomic mass is 9.95. The van der Waals surface area contributed by atoms with Gasteiger partial charge in [0.2, 0.25) is 0 Å². The maximum atomic E-state index is 10.8.